The third kappa shape index (κ3) is 3.34. The van der Waals surface area contributed by atoms with Gasteiger partial charge in [0.15, 0.2) is 9.84 Å². The van der Waals surface area contributed by atoms with Gasteiger partial charge in [0, 0.05) is 30.6 Å². The molecule has 0 bridgehead atoms. The third-order valence-corrected chi connectivity index (χ3v) is 5.38. The molecule has 3 heterocycles. The molecule has 4 rings (SSSR count). The fourth-order valence-electron chi connectivity index (χ4n) is 2.82. The third-order valence-electron chi connectivity index (χ3n) is 4.05. The second kappa shape index (κ2) is 6.22. The van der Waals surface area contributed by atoms with Crippen molar-refractivity contribution >= 4 is 15.4 Å². The number of rotatable bonds is 3. The van der Waals surface area contributed by atoms with E-state index in [0.717, 1.165) is 11.1 Å². The van der Waals surface area contributed by atoms with Gasteiger partial charge in [0.1, 0.15) is 5.75 Å². The first-order chi connectivity index (χ1) is 12.1. The minimum absolute atomic E-state index is 0.144. The van der Waals surface area contributed by atoms with Crippen molar-refractivity contribution in [2.24, 2.45) is 0 Å². The smallest absolute Gasteiger partial charge is 0.219 e. The minimum Gasteiger partial charge on any atom is -0.439 e. The maximum Gasteiger partial charge on any atom is 0.219 e. The monoisotopic (exact) mass is 352 g/mol. The number of nitrogens with zero attached hydrogens (tertiary/aromatic N) is 2. The topological polar surface area (TPSA) is 59.5 Å². The van der Waals surface area contributed by atoms with Gasteiger partial charge in [-0.15, -0.1) is 0 Å². The van der Waals surface area contributed by atoms with Gasteiger partial charge in [-0.25, -0.2) is 13.4 Å². The molecular weight excluding hydrogens is 336 g/mol. The molecule has 1 aromatic heterocycles. The summed E-state index contributed by atoms with van der Waals surface area (Å²) >= 11 is 0. The fourth-order valence-corrected chi connectivity index (χ4v) is 3.99. The maximum absolute atomic E-state index is 12.0. The molecule has 0 unspecified atom stereocenters. The van der Waals surface area contributed by atoms with Crippen molar-refractivity contribution in [2.45, 2.75) is 0 Å². The highest BCUT2D eigenvalue weighted by molar-refractivity contribution is 7.94. The van der Waals surface area contributed by atoms with Crippen LogP contribution in [0.5, 0.6) is 11.6 Å². The molecular formula is C19H16N2O3S. The van der Waals surface area contributed by atoms with Gasteiger partial charge in [-0.05, 0) is 29.8 Å². The Hall–Kier alpha value is -2.86. The summed E-state index contributed by atoms with van der Waals surface area (Å²) in [5.74, 6) is 1.35. The second-order valence-corrected chi connectivity index (χ2v) is 7.75. The zero-order valence-corrected chi connectivity index (χ0v) is 14.2. The Bertz CT molecular complexity index is 975. The van der Waals surface area contributed by atoms with Crippen LogP contribution in [0.2, 0.25) is 0 Å². The number of aromatic nitrogens is 1. The van der Waals surface area contributed by atoms with Gasteiger partial charge in [-0.1, -0.05) is 24.3 Å². The van der Waals surface area contributed by atoms with Crippen molar-refractivity contribution in [1.29, 1.82) is 0 Å². The van der Waals surface area contributed by atoms with Crippen molar-refractivity contribution in [3.8, 4) is 11.6 Å². The lowest BCUT2D eigenvalue weighted by atomic mass is 10.00. The number of ether oxygens (including phenoxy) is 1. The second-order valence-electron chi connectivity index (χ2n) is 5.78. The predicted octanol–water partition coefficient (Wildman–Crippen LogP) is 3.36. The van der Waals surface area contributed by atoms with E-state index in [-0.39, 0.29) is 5.75 Å². The summed E-state index contributed by atoms with van der Waals surface area (Å²) in [6, 6.07) is 13.0. The van der Waals surface area contributed by atoms with Gasteiger partial charge >= 0.3 is 0 Å². The number of benzene rings is 1. The Morgan fingerprint density at radius 3 is 2.68 bits per heavy atom. The van der Waals surface area contributed by atoms with Crippen molar-refractivity contribution < 1.29 is 13.2 Å². The summed E-state index contributed by atoms with van der Waals surface area (Å²) in [5.41, 5.74) is 2.54. The number of allylic oxidation sites excluding steroid dienone is 3. The zero-order chi connectivity index (χ0) is 17.3. The van der Waals surface area contributed by atoms with Crippen molar-refractivity contribution in [2.75, 3.05) is 12.3 Å². The molecule has 0 saturated heterocycles. The summed E-state index contributed by atoms with van der Waals surface area (Å²) in [6.07, 6.45) is 7.44. The van der Waals surface area contributed by atoms with Crippen LogP contribution < -0.4 is 4.74 Å². The van der Waals surface area contributed by atoms with E-state index in [9.17, 15) is 8.42 Å². The molecule has 0 N–H and O–H groups in total. The van der Waals surface area contributed by atoms with Crippen molar-refractivity contribution in [3.63, 3.8) is 0 Å². The van der Waals surface area contributed by atoms with Crippen LogP contribution in [0, 0.1) is 0 Å². The minimum atomic E-state index is -3.15. The summed E-state index contributed by atoms with van der Waals surface area (Å²) in [4.78, 5) is 6.10. The standard InChI is InChI=1S/C19H16N2O3S/c22-25(23)13-12-21-11-3-4-17(18(21)14-25)15-6-8-16(9-7-15)24-19-5-1-2-10-20-19/h1-11,14H,12-13H2. The maximum atomic E-state index is 12.0. The highest BCUT2D eigenvalue weighted by Gasteiger charge is 2.25. The molecule has 25 heavy (non-hydrogen) atoms. The number of pyridine rings is 1. The van der Waals surface area contributed by atoms with Gasteiger partial charge in [0.05, 0.1) is 16.9 Å². The molecule has 0 aliphatic carbocycles. The Labute approximate surface area is 146 Å². The van der Waals surface area contributed by atoms with Gasteiger partial charge < -0.3 is 9.64 Å². The lowest BCUT2D eigenvalue weighted by Crippen LogP contribution is -2.30. The first-order valence-corrected chi connectivity index (χ1v) is 9.62. The molecule has 5 nitrogen and oxygen atoms in total. The van der Waals surface area contributed by atoms with Crippen LogP contribution >= 0.6 is 0 Å². The van der Waals surface area contributed by atoms with E-state index >= 15 is 0 Å². The van der Waals surface area contributed by atoms with Crippen LogP contribution in [0.1, 0.15) is 5.56 Å². The molecule has 2 aromatic rings. The fraction of sp³-hybridized carbons (Fsp3) is 0.105. The first-order valence-electron chi connectivity index (χ1n) is 7.90. The summed E-state index contributed by atoms with van der Waals surface area (Å²) in [6.45, 7) is 0.475. The predicted molar refractivity (Wildman–Crippen MR) is 96.4 cm³/mol. The average molecular weight is 352 g/mol. The van der Waals surface area contributed by atoms with E-state index in [0.29, 0.717) is 23.9 Å². The highest BCUT2D eigenvalue weighted by Crippen LogP contribution is 2.33. The molecule has 2 aliphatic rings. The van der Waals surface area contributed by atoms with E-state index in [4.69, 9.17) is 4.74 Å². The SMILES string of the molecule is O=S1(=O)C=C2C(c3ccc(Oc4ccccn4)cc3)=CC=CN2CC1. The van der Waals surface area contributed by atoms with Crippen LogP contribution in [0.4, 0.5) is 0 Å². The Kier molecular flexibility index (Phi) is 3.89. The molecule has 0 radical (unpaired) electrons. The Morgan fingerprint density at radius 1 is 1.08 bits per heavy atom. The van der Waals surface area contributed by atoms with Crippen molar-refractivity contribution in [1.82, 2.24) is 9.88 Å². The Balaban J connectivity index is 1.62. The largest absolute Gasteiger partial charge is 0.439 e. The van der Waals surface area contributed by atoms with E-state index < -0.39 is 9.84 Å². The number of hydrogen-bond acceptors (Lipinski definition) is 5. The molecule has 0 atom stereocenters. The van der Waals surface area contributed by atoms with Gasteiger partial charge in [0.25, 0.3) is 0 Å². The molecule has 0 saturated carbocycles. The molecule has 0 fully saturated rings. The van der Waals surface area contributed by atoms with Gasteiger partial charge in [0.2, 0.25) is 5.88 Å². The van der Waals surface area contributed by atoms with Crippen LogP contribution in [-0.2, 0) is 9.84 Å². The molecule has 126 valence electrons. The number of sulfone groups is 1. The first kappa shape index (κ1) is 15.7. The number of hydrogen-bond donors (Lipinski definition) is 0. The highest BCUT2D eigenvalue weighted by atomic mass is 32.2. The van der Waals surface area contributed by atoms with E-state index in [1.54, 1.807) is 12.3 Å². The Morgan fingerprint density at radius 2 is 1.92 bits per heavy atom. The zero-order valence-electron chi connectivity index (χ0n) is 13.4. The summed E-state index contributed by atoms with van der Waals surface area (Å²) in [7, 11) is -3.15. The summed E-state index contributed by atoms with van der Waals surface area (Å²) < 4.78 is 29.6. The van der Waals surface area contributed by atoms with Crippen molar-refractivity contribution in [3.05, 3.63) is 83.7 Å². The van der Waals surface area contributed by atoms with Crippen LogP contribution in [-0.4, -0.2) is 30.6 Å². The van der Waals surface area contributed by atoms with Gasteiger partial charge in [-0.2, -0.15) is 0 Å². The molecule has 0 amide bonds. The molecule has 1 aromatic carbocycles. The molecule has 0 spiro atoms. The van der Waals surface area contributed by atoms with Crippen LogP contribution in [0.15, 0.2) is 78.1 Å². The lowest BCUT2D eigenvalue weighted by molar-refractivity contribution is 0.463. The van der Waals surface area contributed by atoms with E-state index in [1.807, 2.05) is 59.7 Å². The van der Waals surface area contributed by atoms with Crippen LogP contribution in [0.3, 0.4) is 0 Å². The summed E-state index contributed by atoms with van der Waals surface area (Å²) in [5, 5.41) is 1.37. The molecule has 6 heteroatoms. The average Bonchev–Trinajstić information content (AvgIpc) is 2.62. The van der Waals surface area contributed by atoms with Gasteiger partial charge in [-0.3, -0.25) is 0 Å². The molecule has 2 aliphatic heterocycles. The quantitative estimate of drug-likeness (QED) is 0.848. The number of fused-ring (bicyclic) bond motifs is 1. The lowest BCUT2D eigenvalue weighted by Gasteiger charge is -2.31. The van der Waals surface area contributed by atoms with E-state index in [2.05, 4.69) is 4.98 Å². The normalized spacial score (nSPS) is 18.2. The van der Waals surface area contributed by atoms with Crippen LogP contribution in [0.25, 0.3) is 5.57 Å². The van der Waals surface area contributed by atoms with E-state index in [1.165, 1.54) is 5.41 Å².